The molecule has 70 valence electrons. The molecular formula is C12H16O. The van der Waals surface area contributed by atoms with Crippen LogP contribution in [0.1, 0.15) is 33.1 Å². The molecular weight excluding hydrogens is 160 g/mol. The molecule has 0 unspecified atom stereocenters. The van der Waals surface area contributed by atoms with Gasteiger partial charge >= 0.3 is 0 Å². The second-order valence-electron chi connectivity index (χ2n) is 4.97. The molecule has 0 radical (unpaired) electrons. The summed E-state index contributed by atoms with van der Waals surface area (Å²) in [5.74, 6) is 0.783. The molecule has 0 aromatic carbocycles. The largest absolute Gasteiger partial charge is 0.289 e. The van der Waals surface area contributed by atoms with E-state index in [1.807, 2.05) is 0 Å². The van der Waals surface area contributed by atoms with Gasteiger partial charge in [-0.2, -0.15) is 0 Å². The Hall–Kier alpha value is -0.850. The standard InChI is InChI=1S/C12H16O/c1-8-6-12(2,3)7-10(11(8)13)9-4-5-9/h7,9H,1,4-6H2,2-3H3. The summed E-state index contributed by atoms with van der Waals surface area (Å²) in [5.41, 5.74) is 1.98. The first-order valence-corrected chi connectivity index (χ1v) is 4.95. The van der Waals surface area contributed by atoms with Gasteiger partial charge in [-0.3, -0.25) is 4.79 Å². The Kier molecular flexibility index (Phi) is 1.73. The van der Waals surface area contributed by atoms with Crippen LogP contribution < -0.4 is 0 Å². The summed E-state index contributed by atoms with van der Waals surface area (Å²) in [6.07, 6.45) is 5.38. The van der Waals surface area contributed by atoms with E-state index in [-0.39, 0.29) is 11.2 Å². The second-order valence-corrected chi connectivity index (χ2v) is 4.97. The van der Waals surface area contributed by atoms with Gasteiger partial charge in [-0.15, -0.1) is 0 Å². The second kappa shape index (κ2) is 2.57. The van der Waals surface area contributed by atoms with E-state index >= 15 is 0 Å². The normalized spacial score (nSPS) is 27.4. The van der Waals surface area contributed by atoms with Crippen LogP contribution >= 0.6 is 0 Å². The number of ketones is 1. The maximum atomic E-state index is 11.7. The van der Waals surface area contributed by atoms with E-state index in [2.05, 4.69) is 26.5 Å². The summed E-state index contributed by atoms with van der Waals surface area (Å²) in [7, 11) is 0. The van der Waals surface area contributed by atoms with Crippen LogP contribution in [0.2, 0.25) is 0 Å². The van der Waals surface area contributed by atoms with E-state index in [4.69, 9.17) is 0 Å². The van der Waals surface area contributed by atoms with Crippen LogP contribution in [0.3, 0.4) is 0 Å². The van der Waals surface area contributed by atoms with Crippen molar-refractivity contribution in [2.75, 3.05) is 0 Å². The minimum absolute atomic E-state index is 0.142. The van der Waals surface area contributed by atoms with E-state index in [9.17, 15) is 4.79 Å². The monoisotopic (exact) mass is 176 g/mol. The van der Waals surface area contributed by atoms with Crippen molar-refractivity contribution in [1.82, 2.24) is 0 Å². The van der Waals surface area contributed by atoms with Gasteiger partial charge in [-0.1, -0.05) is 26.5 Å². The molecule has 1 saturated carbocycles. The summed E-state index contributed by atoms with van der Waals surface area (Å²) in [6, 6.07) is 0. The Morgan fingerprint density at radius 3 is 2.62 bits per heavy atom. The van der Waals surface area contributed by atoms with Gasteiger partial charge in [0.1, 0.15) is 0 Å². The van der Waals surface area contributed by atoms with Crippen LogP contribution in [0.15, 0.2) is 23.8 Å². The Balaban J connectivity index is 2.35. The summed E-state index contributed by atoms with van der Waals surface area (Å²) in [5, 5.41) is 0. The van der Waals surface area contributed by atoms with Crippen molar-refractivity contribution < 1.29 is 4.79 Å². The van der Waals surface area contributed by atoms with Crippen molar-refractivity contribution in [2.24, 2.45) is 11.3 Å². The molecule has 13 heavy (non-hydrogen) atoms. The van der Waals surface area contributed by atoms with Crippen molar-refractivity contribution in [3.8, 4) is 0 Å². The quantitative estimate of drug-likeness (QED) is 0.561. The predicted molar refractivity (Wildman–Crippen MR) is 53.4 cm³/mol. The topological polar surface area (TPSA) is 17.1 Å². The van der Waals surface area contributed by atoms with Gasteiger partial charge < -0.3 is 0 Å². The van der Waals surface area contributed by atoms with Crippen molar-refractivity contribution in [3.05, 3.63) is 23.8 Å². The average Bonchev–Trinajstić information content (AvgIpc) is 2.78. The molecule has 0 aromatic heterocycles. The lowest BCUT2D eigenvalue weighted by Gasteiger charge is -2.28. The van der Waals surface area contributed by atoms with Crippen molar-refractivity contribution in [2.45, 2.75) is 33.1 Å². The van der Waals surface area contributed by atoms with E-state index < -0.39 is 0 Å². The molecule has 0 bridgehead atoms. The Morgan fingerprint density at radius 2 is 2.08 bits per heavy atom. The first kappa shape index (κ1) is 8.74. The number of carbonyl (C=O) groups is 1. The minimum Gasteiger partial charge on any atom is -0.289 e. The molecule has 0 atom stereocenters. The van der Waals surface area contributed by atoms with Crippen LogP contribution in [0, 0.1) is 11.3 Å². The number of Topliss-reactive ketones (excluding diaryl/α,β-unsaturated/α-hetero) is 1. The zero-order valence-electron chi connectivity index (χ0n) is 8.39. The first-order valence-electron chi connectivity index (χ1n) is 4.95. The third-order valence-corrected chi connectivity index (χ3v) is 2.82. The van der Waals surface area contributed by atoms with Gasteiger partial charge in [-0.05, 0) is 41.7 Å². The van der Waals surface area contributed by atoms with Crippen LogP contribution in [-0.2, 0) is 4.79 Å². The van der Waals surface area contributed by atoms with Gasteiger partial charge in [0.15, 0.2) is 5.78 Å². The number of carbonyl (C=O) groups excluding carboxylic acids is 1. The van der Waals surface area contributed by atoms with E-state index in [1.54, 1.807) is 0 Å². The third-order valence-electron chi connectivity index (χ3n) is 2.82. The van der Waals surface area contributed by atoms with Crippen LogP contribution in [0.25, 0.3) is 0 Å². The molecule has 0 saturated heterocycles. The molecule has 0 amide bonds. The van der Waals surface area contributed by atoms with Gasteiger partial charge in [0, 0.05) is 0 Å². The van der Waals surface area contributed by atoms with Crippen molar-refractivity contribution in [1.29, 1.82) is 0 Å². The predicted octanol–water partition coefficient (Wildman–Crippen LogP) is 2.88. The van der Waals surface area contributed by atoms with Crippen LogP contribution in [-0.4, -0.2) is 5.78 Å². The zero-order valence-corrected chi connectivity index (χ0v) is 8.39. The molecule has 2 aliphatic rings. The highest BCUT2D eigenvalue weighted by molar-refractivity contribution is 6.09. The first-order chi connectivity index (χ1) is 5.99. The summed E-state index contributed by atoms with van der Waals surface area (Å²) >= 11 is 0. The number of rotatable bonds is 1. The fraction of sp³-hybridized carbons (Fsp3) is 0.583. The fourth-order valence-electron chi connectivity index (χ4n) is 2.07. The number of allylic oxidation sites excluding steroid dienone is 3. The van der Waals surface area contributed by atoms with Gasteiger partial charge in [0.05, 0.1) is 0 Å². The molecule has 0 heterocycles. The van der Waals surface area contributed by atoms with Gasteiger partial charge in [0.2, 0.25) is 0 Å². The lowest BCUT2D eigenvalue weighted by atomic mass is 9.76. The third kappa shape index (κ3) is 1.60. The Bertz CT molecular complexity index is 303. The molecule has 2 aliphatic carbocycles. The molecule has 0 spiro atoms. The highest BCUT2D eigenvalue weighted by atomic mass is 16.1. The fourth-order valence-corrected chi connectivity index (χ4v) is 2.07. The lowest BCUT2D eigenvalue weighted by Crippen LogP contribution is -2.22. The maximum Gasteiger partial charge on any atom is 0.184 e. The number of hydrogen-bond donors (Lipinski definition) is 0. The zero-order chi connectivity index (χ0) is 9.64. The van der Waals surface area contributed by atoms with Crippen molar-refractivity contribution >= 4 is 5.78 Å². The van der Waals surface area contributed by atoms with Crippen LogP contribution in [0.5, 0.6) is 0 Å². The Morgan fingerprint density at radius 1 is 1.46 bits per heavy atom. The van der Waals surface area contributed by atoms with E-state index in [1.165, 1.54) is 12.8 Å². The van der Waals surface area contributed by atoms with E-state index in [0.29, 0.717) is 5.92 Å². The number of hydrogen-bond acceptors (Lipinski definition) is 1. The molecule has 1 heteroatoms. The SMILES string of the molecule is C=C1CC(C)(C)C=C(C2CC2)C1=O. The van der Waals surface area contributed by atoms with Gasteiger partial charge in [0.25, 0.3) is 0 Å². The highest BCUT2D eigenvalue weighted by Gasteiger charge is 2.36. The summed E-state index contributed by atoms with van der Waals surface area (Å²) in [4.78, 5) is 11.7. The molecule has 1 nitrogen and oxygen atoms in total. The van der Waals surface area contributed by atoms with E-state index in [0.717, 1.165) is 17.6 Å². The smallest absolute Gasteiger partial charge is 0.184 e. The highest BCUT2D eigenvalue weighted by Crippen LogP contribution is 2.44. The Labute approximate surface area is 79.5 Å². The van der Waals surface area contributed by atoms with Gasteiger partial charge in [-0.25, -0.2) is 0 Å². The lowest BCUT2D eigenvalue weighted by molar-refractivity contribution is -0.113. The van der Waals surface area contributed by atoms with Crippen LogP contribution in [0.4, 0.5) is 0 Å². The summed E-state index contributed by atoms with van der Waals surface area (Å²) in [6.45, 7) is 8.21. The molecule has 0 N–H and O–H groups in total. The molecule has 1 fully saturated rings. The molecule has 0 aliphatic heterocycles. The minimum atomic E-state index is 0.142. The molecule has 2 rings (SSSR count). The van der Waals surface area contributed by atoms with Crippen molar-refractivity contribution in [3.63, 3.8) is 0 Å². The maximum absolute atomic E-state index is 11.7. The summed E-state index contributed by atoms with van der Waals surface area (Å²) < 4.78 is 0. The molecule has 0 aromatic rings. The average molecular weight is 176 g/mol.